The molecule has 0 aromatic heterocycles. The molecule has 0 rings (SSSR count). The van der Waals surface area contributed by atoms with Gasteiger partial charge in [0.25, 0.3) is 10.1 Å². The van der Waals surface area contributed by atoms with Crippen LogP contribution >= 0.6 is 0 Å². The van der Waals surface area contributed by atoms with Gasteiger partial charge in [0.2, 0.25) is 10.0 Å². The van der Waals surface area contributed by atoms with E-state index in [4.69, 9.17) is 0 Å². The Bertz CT molecular complexity index is 354. The van der Waals surface area contributed by atoms with E-state index in [2.05, 4.69) is 17.4 Å². The number of hydrogen-bond acceptors (Lipinski definition) is 5. The lowest BCUT2D eigenvalue weighted by Gasteiger charge is -2.03. The zero-order chi connectivity index (χ0) is 11.2. The average Bonchev–Trinajstić information content (AvgIpc) is 2.01. The zero-order valence-corrected chi connectivity index (χ0v) is 8.97. The van der Waals surface area contributed by atoms with Crippen molar-refractivity contribution in [1.29, 1.82) is 0 Å². The summed E-state index contributed by atoms with van der Waals surface area (Å²) in [4.78, 5) is 1.45. The highest BCUT2D eigenvalue weighted by Gasteiger charge is 2.14. The highest BCUT2D eigenvalue weighted by atomic mass is 32.2. The lowest BCUT2D eigenvalue weighted by Crippen LogP contribution is -2.29. The maximum atomic E-state index is 10.9. The quantitative estimate of drug-likeness (QED) is 0.481. The van der Waals surface area contributed by atoms with Crippen molar-refractivity contribution in [2.24, 2.45) is 0 Å². The summed E-state index contributed by atoms with van der Waals surface area (Å²) in [5.74, 6) is -0.889. The smallest absolute Gasteiger partial charge is 0.210 e. The highest BCUT2D eigenvalue weighted by molar-refractivity contribution is 7.91. The van der Waals surface area contributed by atoms with Crippen molar-refractivity contribution in [1.82, 2.24) is 4.89 Å². The summed E-state index contributed by atoms with van der Waals surface area (Å²) in [7, 11) is -7.71. The van der Waals surface area contributed by atoms with Gasteiger partial charge in [-0.3, -0.25) is 0 Å². The molecule has 8 heteroatoms. The molecule has 0 saturated heterocycles. The van der Waals surface area contributed by atoms with Crippen LogP contribution in [0.1, 0.15) is 0 Å². The van der Waals surface area contributed by atoms with Gasteiger partial charge in [0.05, 0.1) is 11.5 Å². The maximum absolute atomic E-state index is 10.9. The summed E-state index contributed by atoms with van der Waals surface area (Å²) in [5, 5.41) is 0. The summed E-state index contributed by atoms with van der Waals surface area (Å²) < 4.78 is 47.4. The van der Waals surface area contributed by atoms with Crippen LogP contribution in [-0.4, -0.2) is 28.3 Å². The van der Waals surface area contributed by atoms with Crippen LogP contribution < -0.4 is 4.89 Å². The molecule has 0 fully saturated rings. The van der Waals surface area contributed by atoms with Crippen LogP contribution in [0.25, 0.3) is 0 Å². The van der Waals surface area contributed by atoms with Gasteiger partial charge in [-0.2, -0.15) is 12.7 Å². The maximum Gasteiger partial charge on any atom is 0.287 e. The van der Waals surface area contributed by atoms with Gasteiger partial charge in [0, 0.05) is 0 Å². The van der Waals surface area contributed by atoms with Crippen LogP contribution in [-0.2, 0) is 24.4 Å². The molecule has 0 saturated carbocycles. The van der Waals surface area contributed by atoms with Crippen molar-refractivity contribution in [3.63, 3.8) is 0 Å². The molecule has 0 heterocycles. The fourth-order valence-corrected chi connectivity index (χ4v) is 2.04. The summed E-state index contributed by atoms with van der Waals surface area (Å²) in [5.41, 5.74) is 0. The van der Waals surface area contributed by atoms with Gasteiger partial charge >= 0.3 is 0 Å². The first kappa shape index (κ1) is 13.3. The molecule has 0 aromatic rings. The van der Waals surface area contributed by atoms with Gasteiger partial charge in [0.15, 0.2) is 0 Å². The Labute approximate surface area is 83.4 Å². The minimum absolute atomic E-state index is 0.420. The van der Waals surface area contributed by atoms with Crippen molar-refractivity contribution in [2.45, 2.75) is 0 Å². The monoisotopic (exact) mass is 241 g/mol. The largest absolute Gasteiger partial charge is 0.287 e. The molecule has 0 atom stereocenters. The van der Waals surface area contributed by atoms with Crippen molar-refractivity contribution < 1.29 is 21.1 Å². The Morgan fingerprint density at radius 2 is 1.57 bits per heavy atom. The third-order valence-electron chi connectivity index (χ3n) is 0.947. The summed E-state index contributed by atoms with van der Waals surface area (Å²) in [6.45, 7) is 6.36. The molecule has 0 aliphatic rings. The van der Waals surface area contributed by atoms with Gasteiger partial charge in [-0.1, -0.05) is 17.0 Å². The number of sulfonamides is 1. The molecule has 0 amide bonds. The van der Waals surface area contributed by atoms with Crippen molar-refractivity contribution in [3.8, 4) is 0 Å². The molecule has 14 heavy (non-hydrogen) atoms. The van der Waals surface area contributed by atoms with Gasteiger partial charge < -0.3 is 0 Å². The molecule has 0 spiro atoms. The number of nitrogens with one attached hydrogen (secondary N) is 1. The molecule has 0 aromatic carbocycles. The highest BCUT2D eigenvalue weighted by Crippen LogP contribution is 1.93. The zero-order valence-electron chi connectivity index (χ0n) is 7.34. The normalized spacial score (nSPS) is 12.3. The van der Waals surface area contributed by atoms with Crippen LogP contribution in [0.4, 0.5) is 0 Å². The van der Waals surface area contributed by atoms with E-state index in [0.717, 1.165) is 12.2 Å². The minimum atomic E-state index is -3.93. The molecule has 0 aliphatic heterocycles. The van der Waals surface area contributed by atoms with E-state index in [9.17, 15) is 16.8 Å². The van der Waals surface area contributed by atoms with E-state index in [1.165, 1.54) is 4.89 Å². The second kappa shape index (κ2) is 5.25. The van der Waals surface area contributed by atoms with Gasteiger partial charge in [-0.15, -0.1) is 13.2 Å². The average molecular weight is 241 g/mol. The Hall–Kier alpha value is -0.700. The third kappa shape index (κ3) is 5.86. The minimum Gasteiger partial charge on any atom is -0.210 e. The van der Waals surface area contributed by atoms with Crippen LogP contribution in [0.5, 0.6) is 0 Å². The summed E-state index contributed by atoms with van der Waals surface area (Å²) in [6.07, 6.45) is 2.18. The molecular formula is C6H11NO5S2. The molecular weight excluding hydrogens is 230 g/mol. The van der Waals surface area contributed by atoms with E-state index in [0.29, 0.717) is 0 Å². The molecule has 0 aliphatic carbocycles. The van der Waals surface area contributed by atoms with Gasteiger partial charge in [0.1, 0.15) is 0 Å². The topological polar surface area (TPSA) is 89.5 Å². The van der Waals surface area contributed by atoms with Gasteiger partial charge in [-0.05, 0) is 0 Å². The Morgan fingerprint density at radius 3 is 2.00 bits per heavy atom. The molecule has 0 unspecified atom stereocenters. The fourth-order valence-electron chi connectivity index (χ4n) is 0.471. The number of hydrogen-bond donors (Lipinski definition) is 1. The van der Waals surface area contributed by atoms with E-state index in [1.807, 2.05) is 0 Å². The lowest BCUT2D eigenvalue weighted by molar-refractivity contribution is 0.275. The Morgan fingerprint density at radius 1 is 1.07 bits per heavy atom. The van der Waals surface area contributed by atoms with Gasteiger partial charge in [-0.25, -0.2) is 8.42 Å². The molecule has 1 N–H and O–H groups in total. The predicted octanol–water partition coefficient (Wildman–Crippen LogP) is -0.461. The summed E-state index contributed by atoms with van der Waals surface area (Å²) >= 11 is 0. The first-order valence-corrected chi connectivity index (χ1v) is 6.68. The van der Waals surface area contributed by atoms with E-state index in [-0.39, 0.29) is 0 Å². The second-order valence-electron chi connectivity index (χ2n) is 2.25. The van der Waals surface area contributed by atoms with Crippen LogP contribution in [0, 0.1) is 0 Å². The first-order chi connectivity index (χ1) is 6.33. The van der Waals surface area contributed by atoms with Crippen LogP contribution in [0.3, 0.4) is 0 Å². The van der Waals surface area contributed by atoms with Crippen LogP contribution in [0.2, 0.25) is 0 Å². The molecule has 82 valence electrons. The second-order valence-corrected chi connectivity index (χ2v) is 5.59. The lowest BCUT2D eigenvalue weighted by atomic mass is 10.8. The van der Waals surface area contributed by atoms with E-state index < -0.39 is 31.6 Å². The van der Waals surface area contributed by atoms with E-state index >= 15 is 0 Å². The van der Waals surface area contributed by atoms with Crippen molar-refractivity contribution in [3.05, 3.63) is 25.3 Å². The predicted molar refractivity (Wildman–Crippen MR) is 52.2 cm³/mol. The van der Waals surface area contributed by atoms with Crippen molar-refractivity contribution >= 4 is 20.1 Å². The standard InChI is InChI=1S/C6H11NO5S2/c1-3-5-13(8,9)7-12-14(10,11)6-4-2/h3-4,7H,1-2,5-6H2. The molecule has 0 bridgehead atoms. The first-order valence-electron chi connectivity index (χ1n) is 3.45. The molecule has 6 nitrogen and oxygen atoms in total. The summed E-state index contributed by atoms with van der Waals surface area (Å²) in [6, 6.07) is 0. The Kier molecular flexibility index (Phi) is 4.99. The van der Waals surface area contributed by atoms with Crippen LogP contribution in [0.15, 0.2) is 25.3 Å². The fraction of sp³-hybridized carbons (Fsp3) is 0.333. The SMILES string of the molecule is C=CCS(=O)(=O)NOS(=O)(=O)CC=C. The Balaban J connectivity index is 4.32. The number of rotatable bonds is 7. The van der Waals surface area contributed by atoms with Crippen molar-refractivity contribution in [2.75, 3.05) is 11.5 Å². The van der Waals surface area contributed by atoms with E-state index in [1.54, 1.807) is 0 Å². The molecule has 0 radical (unpaired) electrons. The third-order valence-corrected chi connectivity index (χ3v) is 3.05.